The lowest BCUT2D eigenvalue weighted by atomic mass is 10.2. The van der Waals surface area contributed by atoms with E-state index in [1.165, 1.54) is 6.21 Å². The normalized spacial score (nSPS) is 10.7. The number of nitrogens with zero attached hydrogens (tertiary/aromatic N) is 1. The van der Waals surface area contributed by atoms with Crippen LogP contribution in [0.2, 0.25) is 0 Å². The number of halogens is 2. The molecule has 0 aliphatic heterocycles. The van der Waals surface area contributed by atoms with Gasteiger partial charge in [0.1, 0.15) is 12.4 Å². The average Bonchev–Trinajstić information content (AvgIpc) is 2.24. The fraction of sp³-hybridized carbons (Fsp3) is 0.111. The number of phenolic OH excluding ortho intramolecular Hbond substituents is 1. The van der Waals surface area contributed by atoms with E-state index in [1.54, 1.807) is 12.1 Å². The number of carbonyl (C=O) groups excluding carboxylic acids is 1. The summed E-state index contributed by atoms with van der Waals surface area (Å²) in [7, 11) is 0. The number of hydrogen-bond donors (Lipinski definition) is 3. The predicted molar refractivity (Wildman–Crippen MR) is 66.3 cm³/mol. The number of nitrogens with one attached hydrogen (secondary N) is 1. The summed E-state index contributed by atoms with van der Waals surface area (Å²) < 4.78 is 1.27. The van der Waals surface area contributed by atoms with Gasteiger partial charge < -0.3 is 10.2 Å². The summed E-state index contributed by atoms with van der Waals surface area (Å²) in [6.07, 6.45) is 1.28. The Balaban J connectivity index is 2.85. The van der Waals surface area contributed by atoms with E-state index in [1.807, 2.05) is 0 Å². The third-order valence-corrected chi connectivity index (χ3v) is 2.66. The smallest absolute Gasteiger partial charge is 0.265 e. The molecular formula is C9H8Br2N2O3. The lowest BCUT2D eigenvalue weighted by Crippen LogP contribution is -2.20. The molecule has 0 atom stereocenters. The van der Waals surface area contributed by atoms with E-state index < -0.39 is 12.5 Å². The molecule has 5 nitrogen and oxygen atoms in total. The zero-order valence-corrected chi connectivity index (χ0v) is 11.1. The molecule has 1 aromatic carbocycles. The van der Waals surface area contributed by atoms with Gasteiger partial charge in [0, 0.05) is 10.0 Å². The molecule has 0 aliphatic carbocycles. The molecule has 3 N–H and O–H groups in total. The Kier molecular flexibility index (Phi) is 4.91. The highest BCUT2D eigenvalue weighted by Gasteiger charge is 2.05. The van der Waals surface area contributed by atoms with Crippen molar-refractivity contribution >= 4 is 44.0 Å². The molecule has 0 saturated carbocycles. The van der Waals surface area contributed by atoms with Crippen LogP contribution in [0.4, 0.5) is 0 Å². The molecule has 0 spiro atoms. The van der Waals surface area contributed by atoms with Gasteiger partial charge in [-0.15, -0.1) is 0 Å². The number of phenols is 1. The molecule has 0 aliphatic rings. The number of aromatic hydroxyl groups is 1. The van der Waals surface area contributed by atoms with Crippen LogP contribution in [0, 0.1) is 0 Å². The van der Waals surface area contributed by atoms with Crippen LogP contribution in [0.15, 0.2) is 26.2 Å². The summed E-state index contributed by atoms with van der Waals surface area (Å²) in [5, 5.41) is 21.6. The van der Waals surface area contributed by atoms with E-state index in [-0.39, 0.29) is 5.75 Å². The van der Waals surface area contributed by atoms with Crippen LogP contribution in [0.25, 0.3) is 0 Å². The summed E-state index contributed by atoms with van der Waals surface area (Å²) in [5.74, 6) is -0.602. The molecule has 1 rings (SSSR count). The van der Waals surface area contributed by atoms with E-state index in [0.29, 0.717) is 10.0 Å². The van der Waals surface area contributed by atoms with Crippen molar-refractivity contribution in [1.29, 1.82) is 0 Å². The fourth-order valence-corrected chi connectivity index (χ4v) is 2.15. The second-order valence-electron chi connectivity index (χ2n) is 2.78. The number of hydrazone groups is 1. The zero-order chi connectivity index (χ0) is 12.1. The second-order valence-corrected chi connectivity index (χ2v) is 4.55. The third kappa shape index (κ3) is 3.58. The van der Waals surface area contributed by atoms with Crippen LogP contribution < -0.4 is 5.43 Å². The number of amides is 1. The first-order chi connectivity index (χ1) is 7.54. The molecular weight excluding hydrogens is 344 g/mol. The Morgan fingerprint density at radius 3 is 2.81 bits per heavy atom. The number of benzene rings is 1. The Morgan fingerprint density at radius 2 is 2.19 bits per heavy atom. The molecule has 0 aromatic heterocycles. The van der Waals surface area contributed by atoms with Crippen molar-refractivity contribution < 1.29 is 15.0 Å². The van der Waals surface area contributed by atoms with Gasteiger partial charge in [0.05, 0.1) is 10.7 Å². The van der Waals surface area contributed by atoms with Crippen LogP contribution in [0.1, 0.15) is 5.56 Å². The van der Waals surface area contributed by atoms with Crippen LogP contribution in [-0.2, 0) is 4.79 Å². The van der Waals surface area contributed by atoms with E-state index >= 15 is 0 Å². The van der Waals surface area contributed by atoms with Gasteiger partial charge in [-0.3, -0.25) is 4.79 Å². The minimum atomic E-state index is -0.633. The van der Waals surface area contributed by atoms with Gasteiger partial charge in [-0.1, -0.05) is 15.9 Å². The van der Waals surface area contributed by atoms with Gasteiger partial charge in [-0.2, -0.15) is 5.10 Å². The summed E-state index contributed by atoms with van der Waals surface area (Å²) in [5.41, 5.74) is 2.52. The third-order valence-electron chi connectivity index (χ3n) is 1.59. The molecule has 1 aromatic rings. The second kappa shape index (κ2) is 5.97. The van der Waals surface area contributed by atoms with Crippen LogP contribution in [0.3, 0.4) is 0 Å². The highest BCUT2D eigenvalue weighted by Crippen LogP contribution is 2.30. The van der Waals surface area contributed by atoms with Gasteiger partial charge in [0.25, 0.3) is 5.91 Å². The van der Waals surface area contributed by atoms with E-state index in [0.717, 1.165) is 4.47 Å². The van der Waals surface area contributed by atoms with Crippen molar-refractivity contribution in [3.63, 3.8) is 0 Å². The van der Waals surface area contributed by atoms with Gasteiger partial charge >= 0.3 is 0 Å². The highest BCUT2D eigenvalue weighted by molar-refractivity contribution is 9.11. The van der Waals surface area contributed by atoms with Crippen molar-refractivity contribution in [2.75, 3.05) is 6.61 Å². The monoisotopic (exact) mass is 350 g/mol. The molecule has 86 valence electrons. The number of rotatable bonds is 3. The first-order valence-electron chi connectivity index (χ1n) is 4.15. The number of hydrogen-bond acceptors (Lipinski definition) is 4. The van der Waals surface area contributed by atoms with Crippen molar-refractivity contribution in [1.82, 2.24) is 5.43 Å². The quantitative estimate of drug-likeness (QED) is 0.568. The molecule has 0 unspecified atom stereocenters. The summed E-state index contributed by atoms with van der Waals surface area (Å²) in [4.78, 5) is 10.7. The Hall–Kier alpha value is -0.920. The first-order valence-corrected chi connectivity index (χ1v) is 5.74. The van der Waals surface area contributed by atoms with Crippen molar-refractivity contribution in [2.24, 2.45) is 5.10 Å². The fourth-order valence-electron chi connectivity index (χ4n) is 0.893. The van der Waals surface area contributed by atoms with Crippen molar-refractivity contribution in [2.45, 2.75) is 0 Å². The van der Waals surface area contributed by atoms with E-state index in [4.69, 9.17) is 5.11 Å². The largest absolute Gasteiger partial charge is 0.506 e. The molecule has 16 heavy (non-hydrogen) atoms. The maximum atomic E-state index is 10.7. The molecule has 1 amide bonds. The summed E-state index contributed by atoms with van der Waals surface area (Å²) in [6, 6.07) is 3.31. The molecule has 0 bridgehead atoms. The van der Waals surface area contributed by atoms with Crippen LogP contribution in [-0.4, -0.2) is 28.9 Å². The van der Waals surface area contributed by atoms with Crippen molar-refractivity contribution in [3.8, 4) is 5.75 Å². The molecule has 0 radical (unpaired) electrons. The molecule has 0 saturated heterocycles. The van der Waals surface area contributed by atoms with E-state index in [9.17, 15) is 9.90 Å². The zero-order valence-electron chi connectivity index (χ0n) is 7.94. The average molecular weight is 352 g/mol. The van der Waals surface area contributed by atoms with Crippen molar-refractivity contribution in [3.05, 3.63) is 26.6 Å². The maximum Gasteiger partial charge on any atom is 0.265 e. The Labute approximate surface area is 108 Å². The predicted octanol–water partition coefficient (Wildman–Crippen LogP) is 1.36. The minimum absolute atomic E-state index is 0.0187. The van der Waals surface area contributed by atoms with Crippen LogP contribution >= 0.6 is 31.9 Å². The first kappa shape index (κ1) is 13.1. The van der Waals surface area contributed by atoms with Crippen LogP contribution in [0.5, 0.6) is 5.75 Å². The van der Waals surface area contributed by atoms with Gasteiger partial charge in [-0.05, 0) is 28.1 Å². The van der Waals surface area contributed by atoms with E-state index in [2.05, 4.69) is 42.4 Å². The standard InChI is InChI=1S/C9H8Br2N2O3/c10-6-1-5(9(16)7(11)2-6)3-12-13-8(15)4-14/h1-3,14,16H,4H2,(H,13,15)/b12-3+. The molecule has 0 heterocycles. The number of aliphatic hydroxyl groups is 1. The maximum absolute atomic E-state index is 10.7. The highest BCUT2D eigenvalue weighted by atomic mass is 79.9. The lowest BCUT2D eigenvalue weighted by molar-refractivity contribution is -0.123. The minimum Gasteiger partial charge on any atom is -0.506 e. The number of carbonyl (C=O) groups is 1. The number of aliphatic hydroxyl groups excluding tert-OH is 1. The summed E-state index contributed by atoms with van der Waals surface area (Å²) >= 11 is 6.41. The Bertz CT molecular complexity index is 435. The topological polar surface area (TPSA) is 81.9 Å². The van der Waals surface area contributed by atoms with Gasteiger partial charge in [0.2, 0.25) is 0 Å². The SMILES string of the molecule is O=C(CO)N/N=C/c1cc(Br)cc(Br)c1O. The summed E-state index contributed by atoms with van der Waals surface area (Å²) in [6.45, 7) is -0.633. The lowest BCUT2D eigenvalue weighted by Gasteiger charge is -2.02. The molecule has 7 heteroatoms. The molecule has 0 fully saturated rings. The van der Waals surface area contributed by atoms with Gasteiger partial charge in [-0.25, -0.2) is 5.43 Å². The Morgan fingerprint density at radius 1 is 1.50 bits per heavy atom. The van der Waals surface area contributed by atoms with Gasteiger partial charge in [0.15, 0.2) is 0 Å².